The molecule has 100 heavy (non-hydrogen) atoms. The highest BCUT2D eigenvalue weighted by Crippen LogP contribution is 2.49. The third-order valence-electron chi connectivity index (χ3n) is 19.8. The highest BCUT2D eigenvalue weighted by molar-refractivity contribution is 6.13. The van der Waals surface area contributed by atoms with Crippen LogP contribution in [0.5, 0.6) is 0 Å². The Bertz CT molecular complexity index is 5770. The number of benzene rings is 18. The zero-order valence-electron chi connectivity index (χ0n) is 54.9. The van der Waals surface area contributed by atoms with Gasteiger partial charge >= 0.3 is 0 Å². The van der Waals surface area contributed by atoms with Gasteiger partial charge < -0.3 is 19.6 Å². The number of hydrogen-bond acceptors (Lipinski definition) is 4. The monoisotopic (exact) mass is 1270 g/mol. The van der Waals surface area contributed by atoms with Crippen LogP contribution in [0.4, 0.5) is 68.2 Å². The van der Waals surface area contributed by atoms with Crippen LogP contribution in [0.2, 0.25) is 0 Å². The van der Waals surface area contributed by atoms with Crippen molar-refractivity contribution in [1.29, 1.82) is 0 Å². The SMILES string of the molecule is c1ccc(N(c2ccc(N(c3ccc(N(c4ccccc4)c4ccc(-c5cccc6ccccc56)c5ccccc45)cc3)c3ccc(N(c4ccccc4)c4ccc(-c5cccc6ccccc56)c5ccccc45)cc3)cc2)c2cc(-c3cccc4ccccc34)c3ccccc3c2)cc1. The molecular weight excluding hydrogens is 1210 g/mol. The predicted octanol–water partition coefficient (Wildman–Crippen LogP) is 27.5. The first-order valence-corrected chi connectivity index (χ1v) is 34.3. The van der Waals surface area contributed by atoms with E-state index in [1.165, 1.54) is 98.0 Å². The molecule has 0 saturated heterocycles. The van der Waals surface area contributed by atoms with Gasteiger partial charge in [0.1, 0.15) is 0 Å². The number of fused-ring (bicyclic) bond motifs is 6. The molecule has 0 aromatic heterocycles. The van der Waals surface area contributed by atoms with Crippen molar-refractivity contribution < 1.29 is 0 Å². The van der Waals surface area contributed by atoms with E-state index in [0.29, 0.717) is 0 Å². The maximum Gasteiger partial charge on any atom is 0.0540 e. The van der Waals surface area contributed by atoms with Crippen LogP contribution >= 0.6 is 0 Å². The molecule has 0 heterocycles. The second-order valence-corrected chi connectivity index (χ2v) is 25.5. The minimum atomic E-state index is 1.01. The van der Waals surface area contributed by atoms with Gasteiger partial charge in [0.05, 0.1) is 11.4 Å². The Labute approximate surface area is 582 Å². The Morgan fingerprint density at radius 1 is 0.120 bits per heavy atom. The highest BCUT2D eigenvalue weighted by atomic mass is 15.2. The predicted molar refractivity (Wildman–Crippen MR) is 427 cm³/mol. The summed E-state index contributed by atoms with van der Waals surface area (Å²) in [5, 5.41) is 14.5. The molecule has 0 aliphatic carbocycles. The lowest BCUT2D eigenvalue weighted by Gasteiger charge is -2.31. The molecule has 4 heteroatoms. The third kappa shape index (κ3) is 10.8. The van der Waals surface area contributed by atoms with Gasteiger partial charge in [0, 0.05) is 67.6 Å². The van der Waals surface area contributed by atoms with Gasteiger partial charge in [-0.3, -0.25) is 0 Å². The summed E-state index contributed by atoms with van der Waals surface area (Å²) in [5.74, 6) is 0. The van der Waals surface area contributed by atoms with Crippen molar-refractivity contribution in [2.45, 2.75) is 0 Å². The van der Waals surface area contributed by atoms with Crippen LogP contribution in [-0.4, -0.2) is 0 Å². The normalized spacial score (nSPS) is 11.4. The lowest BCUT2D eigenvalue weighted by atomic mass is 9.93. The van der Waals surface area contributed by atoms with Crippen molar-refractivity contribution in [3.05, 3.63) is 400 Å². The summed E-state index contributed by atoms with van der Waals surface area (Å²) in [4.78, 5) is 9.59. The van der Waals surface area contributed by atoms with Crippen LogP contribution in [0, 0.1) is 0 Å². The largest absolute Gasteiger partial charge is 0.310 e. The average molecular weight is 1280 g/mol. The van der Waals surface area contributed by atoms with E-state index < -0.39 is 0 Å². The number of nitrogens with zero attached hydrogens (tertiary/aromatic N) is 4. The molecule has 0 aliphatic rings. The van der Waals surface area contributed by atoms with Gasteiger partial charge in [-0.1, -0.05) is 267 Å². The lowest BCUT2D eigenvalue weighted by Crippen LogP contribution is -2.14. The van der Waals surface area contributed by atoms with Gasteiger partial charge in [-0.25, -0.2) is 0 Å². The van der Waals surface area contributed by atoms with Crippen molar-refractivity contribution in [2.24, 2.45) is 0 Å². The van der Waals surface area contributed by atoms with Gasteiger partial charge in [-0.2, -0.15) is 0 Å². The molecule has 0 bridgehead atoms. The zero-order valence-corrected chi connectivity index (χ0v) is 54.9. The van der Waals surface area contributed by atoms with Crippen LogP contribution in [-0.2, 0) is 0 Å². The molecule has 0 unspecified atom stereocenters. The molecule has 0 N–H and O–H groups in total. The number of para-hydroxylation sites is 3. The number of hydrogen-bond donors (Lipinski definition) is 0. The molecule has 0 atom stereocenters. The van der Waals surface area contributed by atoms with Crippen LogP contribution < -0.4 is 19.6 Å². The van der Waals surface area contributed by atoms with Crippen LogP contribution in [0.3, 0.4) is 0 Å². The summed E-state index contributed by atoms with van der Waals surface area (Å²) in [6.07, 6.45) is 0. The first kappa shape index (κ1) is 59.2. The summed E-state index contributed by atoms with van der Waals surface area (Å²) in [7, 11) is 0. The maximum atomic E-state index is 2.40. The molecule has 18 aromatic rings. The molecule has 18 rings (SSSR count). The summed E-state index contributed by atoms with van der Waals surface area (Å²) >= 11 is 0. The van der Waals surface area contributed by atoms with Crippen LogP contribution in [0.25, 0.3) is 98.0 Å². The summed E-state index contributed by atoms with van der Waals surface area (Å²) in [6.45, 7) is 0. The fraction of sp³-hybridized carbons (Fsp3) is 0. The molecule has 0 radical (unpaired) electrons. The molecule has 4 nitrogen and oxygen atoms in total. The fourth-order valence-electron chi connectivity index (χ4n) is 15.2. The fourth-order valence-corrected chi connectivity index (χ4v) is 15.2. The van der Waals surface area contributed by atoms with Crippen molar-refractivity contribution in [3.8, 4) is 33.4 Å². The Kier molecular flexibility index (Phi) is 15.2. The van der Waals surface area contributed by atoms with Crippen LogP contribution in [0.1, 0.15) is 0 Å². The Morgan fingerprint density at radius 3 is 0.730 bits per heavy atom. The third-order valence-corrected chi connectivity index (χ3v) is 19.8. The summed E-state index contributed by atoms with van der Waals surface area (Å²) in [6, 6.07) is 146. The molecule has 470 valence electrons. The molecule has 0 fully saturated rings. The minimum absolute atomic E-state index is 1.01. The highest BCUT2D eigenvalue weighted by Gasteiger charge is 2.24. The Hall–Kier alpha value is -13.3. The molecule has 18 aromatic carbocycles. The minimum Gasteiger partial charge on any atom is -0.310 e. The Morgan fingerprint density at radius 2 is 0.360 bits per heavy atom. The second-order valence-electron chi connectivity index (χ2n) is 25.5. The average Bonchev–Trinajstić information content (AvgIpc) is 0.766. The molecule has 0 saturated carbocycles. The second kappa shape index (κ2) is 25.7. The maximum absolute atomic E-state index is 2.40. The van der Waals surface area contributed by atoms with E-state index in [1.807, 2.05) is 0 Å². The van der Waals surface area contributed by atoms with E-state index in [2.05, 4.69) is 420 Å². The van der Waals surface area contributed by atoms with Gasteiger partial charge in [0.15, 0.2) is 0 Å². The number of rotatable bonds is 15. The summed E-state index contributed by atoms with van der Waals surface area (Å²) in [5.41, 5.74) is 19.9. The number of anilines is 12. The molecule has 0 amide bonds. The van der Waals surface area contributed by atoms with Crippen LogP contribution in [0.15, 0.2) is 400 Å². The zero-order chi connectivity index (χ0) is 66.3. The molecule has 0 aliphatic heterocycles. The van der Waals surface area contributed by atoms with Gasteiger partial charge in [0.2, 0.25) is 0 Å². The first-order valence-electron chi connectivity index (χ1n) is 34.3. The van der Waals surface area contributed by atoms with Crippen molar-refractivity contribution in [2.75, 3.05) is 19.6 Å². The van der Waals surface area contributed by atoms with E-state index in [9.17, 15) is 0 Å². The lowest BCUT2D eigenvalue weighted by molar-refractivity contribution is 1.24. The van der Waals surface area contributed by atoms with E-state index in [-0.39, 0.29) is 0 Å². The van der Waals surface area contributed by atoms with E-state index in [1.54, 1.807) is 0 Å². The van der Waals surface area contributed by atoms with Gasteiger partial charge in [-0.15, -0.1) is 0 Å². The molecular formula is C96H66N4. The Balaban J connectivity index is 0.777. The van der Waals surface area contributed by atoms with E-state index >= 15 is 0 Å². The van der Waals surface area contributed by atoms with E-state index in [0.717, 1.165) is 68.2 Å². The van der Waals surface area contributed by atoms with Crippen molar-refractivity contribution >= 4 is 133 Å². The van der Waals surface area contributed by atoms with Crippen molar-refractivity contribution in [3.63, 3.8) is 0 Å². The molecule has 0 spiro atoms. The smallest absolute Gasteiger partial charge is 0.0540 e. The quantitative estimate of drug-likeness (QED) is 0.101. The first-order chi connectivity index (χ1) is 49.6. The van der Waals surface area contributed by atoms with Gasteiger partial charge in [0.25, 0.3) is 0 Å². The standard InChI is InChI=1S/C96H66N4/c1-4-32-71(33-5-1)98(80-65-70-28-13-17-41-84(70)94(66-80)87-48-24-31-69-27-12-16-40-83(69)87)77-51-49-74(50-52-77)97(75-53-57-78(58-54-75)99(72-34-6-2-7-35-72)95-63-61-90(88-42-18-20-44-92(88)95)85-46-22-29-67-25-10-14-38-81(67)85)76-55-59-79(60-56-76)100(73-36-8-3-9-37-73)96-64-62-91(89-43-19-21-45-93(89)96)86-47-23-30-68-26-11-15-39-82(68)86/h1-66H. The summed E-state index contributed by atoms with van der Waals surface area (Å²) < 4.78 is 0. The van der Waals surface area contributed by atoms with Crippen molar-refractivity contribution in [1.82, 2.24) is 0 Å². The van der Waals surface area contributed by atoms with E-state index in [4.69, 9.17) is 0 Å². The topological polar surface area (TPSA) is 13.0 Å². The van der Waals surface area contributed by atoms with Gasteiger partial charge in [-0.05, 0) is 221 Å².